The number of hydrogen-bond acceptors (Lipinski definition) is 2. The summed E-state index contributed by atoms with van der Waals surface area (Å²) in [6.07, 6.45) is 7.31. The Hall–Kier alpha value is -2.48. The number of allylic oxidation sites excluding steroid dienone is 4. The summed E-state index contributed by atoms with van der Waals surface area (Å²) in [5.41, 5.74) is 6.06. The Morgan fingerprint density at radius 1 is 0.750 bits per heavy atom. The van der Waals surface area contributed by atoms with E-state index in [1.807, 2.05) is 24.3 Å². The first-order valence-electron chi connectivity index (χ1n) is 10.1. The van der Waals surface area contributed by atoms with Gasteiger partial charge in [-0.3, -0.25) is 0 Å². The van der Waals surface area contributed by atoms with E-state index in [1.165, 1.54) is 16.7 Å². The van der Waals surface area contributed by atoms with Crippen molar-refractivity contribution in [2.24, 2.45) is 5.41 Å². The van der Waals surface area contributed by atoms with E-state index in [-0.39, 0.29) is 10.8 Å². The van der Waals surface area contributed by atoms with Crippen LogP contribution in [0.3, 0.4) is 0 Å². The lowest BCUT2D eigenvalue weighted by Gasteiger charge is -2.33. The van der Waals surface area contributed by atoms with E-state index in [0.29, 0.717) is 11.5 Å². The van der Waals surface area contributed by atoms with Crippen molar-refractivity contribution in [2.45, 2.75) is 59.3 Å². The van der Waals surface area contributed by atoms with Gasteiger partial charge in [0.25, 0.3) is 0 Å². The maximum Gasteiger partial charge on any atom is 0.119 e. The first-order chi connectivity index (χ1) is 13.0. The van der Waals surface area contributed by atoms with Crippen molar-refractivity contribution in [1.29, 1.82) is 0 Å². The third-order valence-corrected chi connectivity index (χ3v) is 5.44. The second-order valence-corrected chi connectivity index (χ2v) is 9.77. The van der Waals surface area contributed by atoms with Crippen LogP contribution in [0.4, 0.5) is 0 Å². The molecule has 0 radical (unpaired) electrons. The molecule has 2 nitrogen and oxygen atoms in total. The lowest BCUT2D eigenvalue weighted by atomic mass is 9.71. The summed E-state index contributed by atoms with van der Waals surface area (Å²) in [7, 11) is 0. The minimum atomic E-state index is -0.0966. The number of aromatic hydroxyl groups is 2. The molecule has 0 aromatic heterocycles. The van der Waals surface area contributed by atoms with Crippen molar-refractivity contribution >= 4 is 11.1 Å². The van der Waals surface area contributed by atoms with Crippen LogP contribution in [0, 0.1) is 5.41 Å². The minimum absolute atomic E-state index is 0.0966. The van der Waals surface area contributed by atoms with Gasteiger partial charge < -0.3 is 10.2 Å². The van der Waals surface area contributed by atoms with Gasteiger partial charge in [-0.1, -0.05) is 65.0 Å². The number of phenolic OH excluding ortho intramolecular Hbond substituents is 2. The number of hydrogen-bond donors (Lipinski definition) is 2. The molecular formula is C26H32O2. The van der Waals surface area contributed by atoms with Gasteiger partial charge >= 0.3 is 0 Å². The average Bonchev–Trinajstić information content (AvgIpc) is 2.61. The molecule has 28 heavy (non-hydrogen) atoms. The zero-order chi connectivity index (χ0) is 20.5. The van der Waals surface area contributed by atoms with Crippen molar-refractivity contribution in [3.05, 3.63) is 71.3 Å². The zero-order valence-corrected chi connectivity index (χ0v) is 17.7. The second-order valence-electron chi connectivity index (χ2n) is 9.77. The van der Waals surface area contributed by atoms with Crippen molar-refractivity contribution in [3.63, 3.8) is 0 Å². The molecule has 0 unspecified atom stereocenters. The second kappa shape index (κ2) is 7.50. The van der Waals surface area contributed by atoms with Gasteiger partial charge in [0.15, 0.2) is 0 Å². The van der Waals surface area contributed by atoms with E-state index in [2.05, 4.69) is 52.8 Å². The van der Waals surface area contributed by atoms with Gasteiger partial charge in [-0.25, -0.2) is 0 Å². The molecule has 148 valence electrons. The first-order valence-corrected chi connectivity index (χ1v) is 10.1. The fourth-order valence-corrected chi connectivity index (χ4v) is 4.48. The van der Waals surface area contributed by atoms with Crippen LogP contribution in [0.15, 0.2) is 54.6 Å². The average molecular weight is 377 g/mol. The van der Waals surface area contributed by atoms with Gasteiger partial charge in [0, 0.05) is 5.56 Å². The summed E-state index contributed by atoms with van der Waals surface area (Å²) in [5, 5.41) is 20.0. The Labute approximate surface area is 169 Å². The van der Waals surface area contributed by atoms with Gasteiger partial charge in [-0.2, -0.15) is 0 Å². The number of rotatable bonds is 4. The van der Waals surface area contributed by atoms with Crippen molar-refractivity contribution in [1.82, 2.24) is 0 Å². The molecule has 1 aliphatic rings. The molecular weight excluding hydrogens is 344 g/mol. The van der Waals surface area contributed by atoms with Gasteiger partial charge in [0.05, 0.1) is 0 Å². The molecule has 0 atom stereocenters. The topological polar surface area (TPSA) is 40.5 Å². The number of benzene rings is 2. The lowest BCUT2D eigenvalue weighted by Crippen LogP contribution is -2.25. The Morgan fingerprint density at radius 3 is 1.82 bits per heavy atom. The maximum absolute atomic E-state index is 10.5. The van der Waals surface area contributed by atoms with E-state index in [1.54, 1.807) is 12.1 Å². The van der Waals surface area contributed by atoms with Crippen LogP contribution < -0.4 is 0 Å². The molecule has 0 spiro atoms. The quantitative estimate of drug-likeness (QED) is 0.599. The standard InChI is InChI=1S/C26H32O2/c1-25(2,3)17-26(4,5)23-16-21(12-15-24(23)28)20-8-6-18(7-9-20)19-10-13-22(27)14-11-19/h6,9-16,27-28H,7-8,17H2,1-5H3. The molecule has 2 aromatic rings. The Morgan fingerprint density at radius 2 is 1.29 bits per heavy atom. The third kappa shape index (κ3) is 4.67. The van der Waals surface area contributed by atoms with E-state index in [4.69, 9.17) is 0 Å². The van der Waals surface area contributed by atoms with Crippen LogP contribution in [0.2, 0.25) is 0 Å². The fraction of sp³-hybridized carbons (Fsp3) is 0.385. The Balaban J connectivity index is 1.83. The summed E-state index contributed by atoms with van der Waals surface area (Å²) in [6, 6.07) is 13.4. The summed E-state index contributed by atoms with van der Waals surface area (Å²) >= 11 is 0. The lowest BCUT2D eigenvalue weighted by molar-refractivity contribution is 0.278. The Kier molecular flexibility index (Phi) is 5.43. The van der Waals surface area contributed by atoms with E-state index >= 15 is 0 Å². The highest BCUT2D eigenvalue weighted by Crippen LogP contribution is 2.42. The van der Waals surface area contributed by atoms with Crippen LogP contribution >= 0.6 is 0 Å². The minimum Gasteiger partial charge on any atom is -0.508 e. The van der Waals surface area contributed by atoms with Crippen molar-refractivity contribution in [2.75, 3.05) is 0 Å². The summed E-state index contributed by atoms with van der Waals surface area (Å²) < 4.78 is 0. The predicted octanol–water partition coefficient (Wildman–Crippen LogP) is 7.07. The highest BCUT2D eigenvalue weighted by atomic mass is 16.3. The smallest absolute Gasteiger partial charge is 0.119 e. The van der Waals surface area contributed by atoms with Crippen LogP contribution in [0.1, 0.15) is 70.6 Å². The van der Waals surface area contributed by atoms with E-state index in [0.717, 1.165) is 30.4 Å². The summed E-state index contributed by atoms with van der Waals surface area (Å²) in [6.45, 7) is 11.2. The summed E-state index contributed by atoms with van der Waals surface area (Å²) in [4.78, 5) is 0. The van der Waals surface area contributed by atoms with Gasteiger partial charge in [0.2, 0.25) is 0 Å². The number of phenols is 2. The molecule has 0 fully saturated rings. The van der Waals surface area contributed by atoms with Crippen LogP contribution in [-0.4, -0.2) is 10.2 Å². The third-order valence-electron chi connectivity index (χ3n) is 5.44. The van der Waals surface area contributed by atoms with Crippen LogP contribution in [-0.2, 0) is 5.41 Å². The van der Waals surface area contributed by atoms with Gasteiger partial charge in [-0.15, -0.1) is 0 Å². The van der Waals surface area contributed by atoms with Crippen molar-refractivity contribution in [3.8, 4) is 11.5 Å². The fourth-order valence-electron chi connectivity index (χ4n) is 4.48. The predicted molar refractivity (Wildman–Crippen MR) is 118 cm³/mol. The first kappa shape index (κ1) is 20.3. The molecule has 0 bridgehead atoms. The van der Waals surface area contributed by atoms with Crippen LogP contribution in [0.5, 0.6) is 11.5 Å². The summed E-state index contributed by atoms with van der Waals surface area (Å²) in [5.74, 6) is 0.681. The highest BCUT2D eigenvalue weighted by Gasteiger charge is 2.30. The Bertz CT molecular complexity index is 906. The normalized spacial score (nSPS) is 15.2. The molecule has 3 rings (SSSR count). The molecule has 2 N–H and O–H groups in total. The molecule has 0 saturated carbocycles. The van der Waals surface area contributed by atoms with E-state index in [9.17, 15) is 10.2 Å². The van der Waals surface area contributed by atoms with Crippen LogP contribution in [0.25, 0.3) is 11.1 Å². The molecule has 2 aromatic carbocycles. The molecule has 0 heterocycles. The van der Waals surface area contributed by atoms with Gasteiger partial charge in [0.1, 0.15) is 11.5 Å². The molecule has 0 saturated heterocycles. The SMILES string of the molecule is CC(C)(C)CC(C)(C)c1cc(C2=CCC(c3ccc(O)cc3)=CC2)ccc1O. The van der Waals surface area contributed by atoms with E-state index < -0.39 is 0 Å². The zero-order valence-electron chi connectivity index (χ0n) is 17.7. The monoisotopic (exact) mass is 376 g/mol. The highest BCUT2D eigenvalue weighted by molar-refractivity contribution is 5.78. The van der Waals surface area contributed by atoms with Crippen molar-refractivity contribution < 1.29 is 10.2 Å². The maximum atomic E-state index is 10.5. The molecule has 0 aliphatic heterocycles. The van der Waals surface area contributed by atoms with Gasteiger partial charge in [-0.05, 0) is 76.6 Å². The molecule has 2 heteroatoms. The molecule has 0 amide bonds. The largest absolute Gasteiger partial charge is 0.508 e. The molecule has 1 aliphatic carbocycles.